The Kier molecular flexibility index (Phi) is 5.96. The molecule has 1 aliphatic rings. The van der Waals surface area contributed by atoms with Crippen molar-refractivity contribution in [2.75, 3.05) is 6.61 Å². The molecule has 1 unspecified atom stereocenters. The number of Topliss-reactive ketones (excluding diaryl/α,β-unsaturated/α-hetero) is 1. The lowest BCUT2D eigenvalue weighted by Crippen LogP contribution is -2.26. The van der Waals surface area contributed by atoms with E-state index in [1.165, 1.54) is 0 Å². The topological polar surface area (TPSA) is 61.8 Å². The highest BCUT2D eigenvalue weighted by molar-refractivity contribution is 6.35. The molecule has 2 aromatic rings. The van der Waals surface area contributed by atoms with Crippen molar-refractivity contribution < 1.29 is 23.8 Å². The third kappa shape index (κ3) is 4.16. The third-order valence-electron chi connectivity index (χ3n) is 4.12. The van der Waals surface area contributed by atoms with Crippen molar-refractivity contribution in [1.82, 2.24) is 0 Å². The molecule has 3 rings (SSSR count). The van der Waals surface area contributed by atoms with E-state index in [4.69, 9.17) is 37.4 Å². The zero-order chi connectivity index (χ0) is 20.4. The van der Waals surface area contributed by atoms with Gasteiger partial charge < -0.3 is 14.2 Å². The Balaban J connectivity index is 1.87. The van der Waals surface area contributed by atoms with Gasteiger partial charge in [-0.2, -0.15) is 0 Å². The van der Waals surface area contributed by atoms with Crippen LogP contribution in [0.1, 0.15) is 35.3 Å². The normalized spacial score (nSPS) is 15.2. The van der Waals surface area contributed by atoms with Crippen molar-refractivity contribution in [3.8, 4) is 11.5 Å². The molecule has 0 amide bonds. The molecule has 0 radical (unpaired) electrons. The summed E-state index contributed by atoms with van der Waals surface area (Å²) in [4.78, 5) is 24.5. The molecular weight excluding hydrogens is 403 g/mol. The Hall–Kier alpha value is -2.50. The van der Waals surface area contributed by atoms with Crippen LogP contribution in [0.3, 0.4) is 0 Å². The number of ether oxygens (including phenoxy) is 3. The van der Waals surface area contributed by atoms with E-state index in [0.29, 0.717) is 38.2 Å². The number of esters is 1. The Morgan fingerprint density at radius 1 is 1.25 bits per heavy atom. The van der Waals surface area contributed by atoms with Gasteiger partial charge in [0.2, 0.25) is 5.78 Å². The minimum absolute atomic E-state index is 0.151. The van der Waals surface area contributed by atoms with Crippen molar-refractivity contribution in [1.29, 1.82) is 0 Å². The Morgan fingerprint density at radius 3 is 2.68 bits per heavy atom. The number of rotatable bonds is 5. The van der Waals surface area contributed by atoms with Gasteiger partial charge in [-0.3, -0.25) is 4.79 Å². The molecule has 0 N–H and O–H groups in total. The average Bonchev–Trinajstić information content (AvgIpc) is 2.93. The molecule has 7 heteroatoms. The zero-order valence-corrected chi connectivity index (χ0v) is 17.1. The van der Waals surface area contributed by atoms with Crippen LogP contribution in [0.4, 0.5) is 0 Å². The van der Waals surface area contributed by atoms with Crippen LogP contribution in [0, 0.1) is 6.92 Å². The maximum absolute atomic E-state index is 12.7. The molecule has 0 saturated heterocycles. The summed E-state index contributed by atoms with van der Waals surface area (Å²) >= 11 is 12.1. The Morgan fingerprint density at radius 2 is 2.00 bits per heavy atom. The standard InChI is InChI=1S/C21H18Cl2O5/c1-4-26-21(25)12(3)27-15-7-11(2)19-17(10-15)28-18(20(19)24)8-13-5-6-14(22)9-16(13)23/h5-10,12H,4H2,1-3H3/b18-8-. The summed E-state index contributed by atoms with van der Waals surface area (Å²) < 4.78 is 16.3. The fourth-order valence-corrected chi connectivity index (χ4v) is 3.28. The quantitative estimate of drug-likeness (QED) is 0.488. The minimum atomic E-state index is -0.780. The van der Waals surface area contributed by atoms with Crippen LogP contribution >= 0.6 is 23.2 Å². The molecule has 0 saturated carbocycles. The summed E-state index contributed by atoms with van der Waals surface area (Å²) in [6, 6.07) is 8.25. The number of allylic oxidation sites excluding steroid dienone is 1. The molecule has 5 nitrogen and oxygen atoms in total. The molecule has 0 bridgehead atoms. The summed E-state index contributed by atoms with van der Waals surface area (Å²) in [5.74, 6) is 0.222. The van der Waals surface area contributed by atoms with Crippen LogP contribution in [-0.4, -0.2) is 24.5 Å². The van der Waals surface area contributed by atoms with Crippen molar-refractivity contribution in [3.63, 3.8) is 0 Å². The summed E-state index contributed by atoms with van der Waals surface area (Å²) in [7, 11) is 0. The van der Waals surface area contributed by atoms with Crippen LogP contribution in [0.5, 0.6) is 11.5 Å². The number of aryl methyl sites for hydroxylation is 1. The van der Waals surface area contributed by atoms with Crippen LogP contribution in [0.2, 0.25) is 10.0 Å². The van der Waals surface area contributed by atoms with E-state index in [9.17, 15) is 9.59 Å². The van der Waals surface area contributed by atoms with Crippen LogP contribution in [0.15, 0.2) is 36.1 Å². The van der Waals surface area contributed by atoms with Crippen LogP contribution in [-0.2, 0) is 9.53 Å². The van der Waals surface area contributed by atoms with Crippen molar-refractivity contribution in [2.24, 2.45) is 0 Å². The fraction of sp³-hybridized carbons (Fsp3) is 0.238. The Bertz CT molecular complexity index is 981. The molecule has 0 aliphatic carbocycles. The minimum Gasteiger partial charge on any atom is -0.479 e. The van der Waals surface area contributed by atoms with Gasteiger partial charge in [0.1, 0.15) is 11.5 Å². The van der Waals surface area contributed by atoms with Crippen LogP contribution in [0.25, 0.3) is 6.08 Å². The highest BCUT2D eigenvalue weighted by Crippen LogP contribution is 2.38. The molecular formula is C21H18Cl2O5. The maximum Gasteiger partial charge on any atom is 0.347 e. The van der Waals surface area contributed by atoms with Gasteiger partial charge in [-0.1, -0.05) is 29.3 Å². The molecule has 0 spiro atoms. The summed E-state index contributed by atoms with van der Waals surface area (Å²) in [6.07, 6.45) is 0.791. The summed E-state index contributed by atoms with van der Waals surface area (Å²) in [5, 5.41) is 0.916. The van der Waals surface area contributed by atoms with Crippen molar-refractivity contribution >= 4 is 41.0 Å². The second-order valence-corrected chi connectivity index (χ2v) is 7.07. The van der Waals surface area contributed by atoms with E-state index in [1.807, 2.05) is 0 Å². The van der Waals surface area contributed by atoms with Gasteiger partial charge in [0.25, 0.3) is 0 Å². The maximum atomic E-state index is 12.7. The number of fused-ring (bicyclic) bond motifs is 1. The van der Waals surface area contributed by atoms with E-state index in [-0.39, 0.29) is 18.1 Å². The highest BCUT2D eigenvalue weighted by atomic mass is 35.5. The van der Waals surface area contributed by atoms with E-state index < -0.39 is 12.1 Å². The first-order valence-corrected chi connectivity index (χ1v) is 9.43. The first-order chi connectivity index (χ1) is 13.3. The average molecular weight is 421 g/mol. The SMILES string of the molecule is CCOC(=O)C(C)Oc1cc(C)c2c(c1)O/C(=C\c1ccc(Cl)cc1Cl)C2=O. The number of carbonyl (C=O) groups excluding carboxylic acids is 2. The van der Waals surface area contributed by atoms with E-state index in [2.05, 4.69) is 0 Å². The van der Waals surface area contributed by atoms with Gasteiger partial charge in [-0.15, -0.1) is 0 Å². The van der Waals surface area contributed by atoms with E-state index >= 15 is 0 Å². The number of halogens is 2. The van der Waals surface area contributed by atoms with Crippen LogP contribution < -0.4 is 9.47 Å². The van der Waals surface area contributed by atoms with Gasteiger partial charge in [-0.25, -0.2) is 4.79 Å². The van der Waals surface area contributed by atoms with E-state index in [1.54, 1.807) is 57.2 Å². The zero-order valence-electron chi connectivity index (χ0n) is 15.5. The molecule has 146 valence electrons. The summed E-state index contributed by atoms with van der Waals surface area (Å²) in [5.41, 5.74) is 1.75. The molecule has 0 aromatic heterocycles. The number of hydrogen-bond donors (Lipinski definition) is 0. The van der Waals surface area contributed by atoms with Gasteiger partial charge in [0.05, 0.1) is 12.2 Å². The smallest absolute Gasteiger partial charge is 0.347 e. The number of carbonyl (C=O) groups is 2. The van der Waals surface area contributed by atoms with Crippen molar-refractivity contribution in [2.45, 2.75) is 26.9 Å². The molecule has 1 atom stereocenters. The second kappa shape index (κ2) is 8.25. The van der Waals surface area contributed by atoms with Gasteiger partial charge >= 0.3 is 5.97 Å². The lowest BCUT2D eigenvalue weighted by Gasteiger charge is -2.14. The first kappa shape index (κ1) is 20.2. The Labute approximate surface area is 172 Å². The highest BCUT2D eigenvalue weighted by Gasteiger charge is 2.30. The first-order valence-electron chi connectivity index (χ1n) is 8.67. The predicted molar refractivity (Wildman–Crippen MR) is 107 cm³/mol. The second-order valence-electron chi connectivity index (χ2n) is 6.23. The molecule has 0 fully saturated rings. The molecule has 28 heavy (non-hydrogen) atoms. The molecule has 1 heterocycles. The predicted octanol–water partition coefficient (Wildman–Crippen LogP) is 5.25. The van der Waals surface area contributed by atoms with Gasteiger partial charge in [0, 0.05) is 16.1 Å². The lowest BCUT2D eigenvalue weighted by atomic mass is 10.0. The monoisotopic (exact) mass is 420 g/mol. The summed E-state index contributed by atoms with van der Waals surface area (Å²) in [6.45, 7) is 5.37. The molecule has 2 aromatic carbocycles. The number of ketones is 1. The number of hydrogen-bond acceptors (Lipinski definition) is 5. The van der Waals surface area contributed by atoms with Gasteiger partial charge in [-0.05, 0) is 56.2 Å². The van der Waals surface area contributed by atoms with Gasteiger partial charge in [0.15, 0.2) is 11.9 Å². The van der Waals surface area contributed by atoms with E-state index in [0.717, 1.165) is 0 Å². The molecule has 1 aliphatic heterocycles. The number of benzene rings is 2. The third-order valence-corrected chi connectivity index (χ3v) is 4.69. The van der Waals surface area contributed by atoms with Crippen molar-refractivity contribution in [3.05, 3.63) is 62.8 Å². The lowest BCUT2D eigenvalue weighted by molar-refractivity contribution is -0.150. The largest absolute Gasteiger partial charge is 0.479 e. The fourth-order valence-electron chi connectivity index (χ4n) is 2.82.